The second-order valence-corrected chi connectivity index (χ2v) is 11.0. The van der Waals surface area contributed by atoms with Crippen LogP contribution in [0.4, 0.5) is 18.0 Å². The van der Waals surface area contributed by atoms with Crippen LogP contribution in [0.1, 0.15) is 40.3 Å². The lowest BCUT2D eigenvalue weighted by Gasteiger charge is -2.14. The zero-order chi connectivity index (χ0) is 31.2. The van der Waals surface area contributed by atoms with Gasteiger partial charge in [0.2, 0.25) is 5.62 Å². The highest BCUT2D eigenvalue weighted by Crippen LogP contribution is 2.41. The number of imidazole rings is 1. The van der Waals surface area contributed by atoms with Crippen molar-refractivity contribution in [2.45, 2.75) is 52.4 Å². The number of urea groups is 1. The maximum atomic E-state index is 12.9. The molecule has 0 bridgehead atoms. The molecular weight excluding hydrogens is 571 g/mol. The first kappa shape index (κ1) is 29.0. The van der Waals surface area contributed by atoms with Crippen molar-refractivity contribution in [2.24, 2.45) is 4.99 Å². The molecule has 9 nitrogen and oxygen atoms in total. The van der Waals surface area contributed by atoms with E-state index in [-0.39, 0.29) is 17.7 Å². The normalized spacial score (nSPS) is 16.7. The molecular formula is C32H30F3N7O2. The van der Waals surface area contributed by atoms with Crippen LogP contribution in [0.25, 0.3) is 22.8 Å². The summed E-state index contributed by atoms with van der Waals surface area (Å²) in [6, 6.07) is 17.0. The molecule has 2 atom stereocenters. The molecule has 0 radical (unpaired) electrons. The van der Waals surface area contributed by atoms with Crippen molar-refractivity contribution in [3.05, 3.63) is 107 Å². The number of rotatable bonds is 6. The fourth-order valence-electron chi connectivity index (χ4n) is 5.56. The van der Waals surface area contributed by atoms with Crippen molar-refractivity contribution < 1.29 is 22.7 Å². The van der Waals surface area contributed by atoms with Gasteiger partial charge < -0.3 is 15.0 Å². The molecule has 3 aromatic carbocycles. The number of benzene rings is 3. The molecule has 12 heteroatoms. The van der Waals surface area contributed by atoms with Crippen LogP contribution >= 0.6 is 0 Å². The third-order valence-corrected chi connectivity index (χ3v) is 7.56. The zero-order valence-corrected chi connectivity index (χ0v) is 24.5. The lowest BCUT2D eigenvalue weighted by Crippen LogP contribution is -2.29. The molecule has 0 aliphatic heterocycles. The Morgan fingerprint density at radius 3 is 2.36 bits per heavy atom. The van der Waals surface area contributed by atoms with Crippen LogP contribution in [-0.4, -0.2) is 42.8 Å². The molecule has 2 amide bonds. The van der Waals surface area contributed by atoms with Gasteiger partial charge in [-0.05, 0) is 75.1 Å². The number of nitrogens with one attached hydrogen (secondary N) is 2. The minimum absolute atomic E-state index is 0.0221. The van der Waals surface area contributed by atoms with E-state index in [0.29, 0.717) is 17.1 Å². The van der Waals surface area contributed by atoms with E-state index in [1.165, 1.54) is 40.8 Å². The number of halogens is 3. The molecule has 6 rings (SSSR count). The van der Waals surface area contributed by atoms with E-state index in [9.17, 15) is 18.0 Å². The monoisotopic (exact) mass is 601 g/mol. The van der Waals surface area contributed by atoms with Crippen LogP contribution in [0.2, 0.25) is 0 Å². The number of aromatic amines is 1. The summed E-state index contributed by atoms with van der Waals surface area (Å²) in [6.07, 6.45) is -0.606. The number of ether oxygens (including phenoxy) is 1. The Hall–Kier alpha value is -5.13. The highest BCUT2D eigenvalue weighted by atomic mass is 19.4. The van der Waals surface area contributed by atoms with Crippen LogP contribution in [0.15, 0.2) is 78.2 Å². The van der Waals surface area contributed by atoms with Crippen LogP contribution in [0, 0.1) is 27.7 Å². The molecule has 1 aliphatic carbocycles. The molecule has 2 aromatic heterocycles. The minimum Gasteiger partial charge on any atom is -0.406 e. The van der Waals surface area contributed by atoms with Crippen LogP contribution in [0.3, 0.4) is 0 Å². The van der Waals surface area contributed by atoms with E-state index in [2.05, 4.69) is 63.0 Å². The number of aryl methyl sites for hydroxylation is 4. The molecule has 5 aromatic rings. The molecule has 2 heterocycles. The summed E-state index contributed by atoms with van der Waals surface area (Å²) in [5.74, 6) is 0.335. The Kier molecular flexibility index (Phi) is 7.36. The van der Waals surface area contributed by atoms with Crippen LogP contribution in [0.5, 0.6) is 5.75 Å². The molecule has 0 saturated heterocycles. The minimum atomic E-state index is -4.75. The Labute approximate surface area is 251 Å². The number of carbonyl (C=O) groups is 1. The number of carbonyl (C=O) groups excluding carboxylic acids is 1. The summed E-state index contributed by atoms with van der Waals surface area (Å²) in [5, 5.41) is 7.48. The maximum Gasteiger partial charge on any atom is 0.573 e. The van der Waals surface area contributed by atoms with Crippen molar-refractivity contribution in [3.8, 4) is 28.5 Å². The van der Waals surface area contributed by atoms with Crippen molar-refractivity contribution in [1.82, 2.24) is 29.6 Å². The van der Waals surface area contributed by atoms with Gasteiger partial charge in [-0.1, -0.05) is 42.0 Å². The predicted octanol–water partition coefficient (Wildman–Crippen LogP) is 6.35. The molecule has 226 valence electrons. The Balaban J connectivity index is 1.10. The number of H-pyrrole nitrogens is 1. The quantitative estimate of drug-likeness (QED) is 0.237. The van der Waals surface area contributed by atoms with Gasteiger partial charge in [0.05, 0.1) is 11.4 Å². The molecule has 1 aliphatic rings. The second-order valence-electron chi connectivity index (χ2n) is 11.0. The number of nitrogens with zero attached hydrogens (tertiary/aromatic N) is 5. The largest absolute Gasteiger partial charge is 0.573 e. The Morgan fingerprint density at radius 2 is 1.70 bits per heavy atom. The Morgan fingerprint density at radius 1 is 1.02 bits per heavy atom. The van der Waals surface area contributed by atoms with Gasteiger partial charge >= 0.3 is 12.4 Å². The third kappa shape index (κ3) is 6.14. The lowest BCUT2D eigenvalue weighted by molar-refractivity contribution is -0.274. The molecule has 1 saturated carbocycles. The lowest BCUT2D eigenvalue weighted by atomic mass is 10.0. The van der Waals surface area contributed by atoms with E-state index in [1.54, 1.807) is 0 Å². The fourth-order valence-corrected chi connectivity index (χ4v) is 5.56. The molecule has 2 unspecified atom stereocenters. The second kappa shape index (κ2) is 11.2. The highest BCUT2D eigenvalue weighted by Gasteiger charge is 2.39. The number of hydrogen-bond donors (Lipinski definition) is 2. The van der Waals surface area contributed by atoms with Crippen molar-refractivity contribution in [3.63, 3.8) is 0 Å². The predicted molar refractivity (Wildman–Crippen MR) is 158 cm³/mol. The van der Waals surface area contributed by atoms with Gasteiger partial charge in [0.1, 0.15) is 12.1 Å². The average molecular weight is 602 g/mol. The summed E-state index contributed by atoms with van der Waals surface area (Å²) in [6.45, 7) is 8.15. The van der Waals surface area contributed by atoms with Crippen molar-refractivity contribution in [1.29, 1.82) is 0 Å². The molecule has 1 fully saturated rings. The standard InChI is InChI=1S/C32H30F3N7O2/c1-18-13-19(2)28(20(3)14-18)42-21(4)16-36-30(42)39-31(43)38-27-15-26(27)22-5-7-23(8-6-22)29-37-17-41(40-29)24-9-11-25(12-10-24)44-32(33,34)35/h5-14,16-17,26-27H,15H2,1-4H3,(H2,36,38,39,43). The van der Waals surface area contributed by atoms with E-state index in [4.69, 9.17) is 0 Å². The van der Waals surface area contributed by atoms with E-state index in [1.807, 2.05) is 42.0 Å². The summed E-state index contributed by atoms with van der Waals surface area (Å²) in [7, 11) is 0. The molecule has 44 heavy (non-hydrogen) atoms. The van der Waals surface area contributed by atoms with Crippen LogP contribution < -0.4 is 15.7 Å². The number of aromatic nitrogens is 5. The topological polar surface area (TPSA) is 102 Å². The van der Waals surface area contributed by atoms with E-state index >= 15 is 0 Å². The summed E-state index contributed by atoms with van der Waals surface area (Å²) < 4.78 is 44.6. The van der Waals surface area contributed by atoms with Gasteiger partial charge in [0, 0.05) is 29.4 Å². The molecule has 0 spiro atoms. The zero-order valence-electron chi connectivity index (χ0n) is 24.5. The van der Waals surface area contributed by atoms with Gasteiger partial charge in [-0.25, -0.2) is 14.5 Å². The highest BCUT2D eigenvalue weighted by molar-refractivity contribution is 5.76. The van der Waals surface area contributed by atoms with Crippen LogP contribution in [-0.2, 0) is 0 Å². The van der Waals surface area contributed by atoms with Gasteiger partial charge in [-0.2, -0.15) is 4.99 Å². The number of amides is 2. The van der Waals surface area contributed by atoms with Crippen molar-refractivity contribution in [2.75, 3.05) is 0 Å². The first-order valence-corrected chi connectivity index (χ1v) is 14.0. The third-order valence-electron chi connectivity index (χ3n) is 7.56. The summed E-state index contributed by atoms with van der Waals surface area (Å²) in [4.78, 5) is 24.7. The van der Waals surface area contributed by atoms with Gasteiger partial charge in [-0.3, -0.25) is 4.57 Å². The molecule has 2 N–H and O–H groups in total. The first-order chi connectivity index (χ1) is 20.9. The van der Waals surface area contributed by atoms with Gasteiger partial charge in [-0.15, -0.1) is 18.3 Å². The van der Waals surface area contributed by atoms with E-state index < -0.39 is 12.4 Å². The maximum absolute atomic E-state index is 12.9. The number of hydrogen-bond acceptors (Lipinski definition) is 4. The van der Waals surface area contributed by atoms with Gasteiger partial charge in [0.25, 0.3) is 0 Å². The smallest absolute Gasteiger partial charge is 0.406 e. The SMILES string of the molecule is Cc1cc(C)c(-n2c(C)c[nH]/c2=N\C(=O)NC2CC2c2ccc(-c3ncn(-c4ccc(OC(F)(F)F)cc4)n3)cc2)c(C)c1. The van der Waals surface area contributed by atoms with E-state index in [0.717, 1.165) is 40.1 Å². The summed E-state index contributed by atoms with van der Waals surface area (Å²) in [5.41, 5.74) is 8.22. The Bertz CT molecular complexity index is 1880. The fraction of sp³-hybridized carbons (Fsp3) is 0.250. The first-order valence-electron chi connectivity index (χ1n) is 14.0. The van der Waals surface area contributed by atoms with Gasteiger partial charge in [0.15, 0.2) is 5.82 Å². The average Bonchev–Trinajstić information content (AvgIpc) is 3.36. The summed E-state index contributed by atoms with van der Waals surface area (Å²) >= 11 is 0. The number of alkyl halides is 3. The van der Waals surface area contributed by atoms with Crippen molar-refractivity contribution >= 4 is 6.03 Å².